The summed E-state index contributed by atoms with van der Waals surface area (Å²) in [6, 6.07) is 0. The molecule has 0 amide bonds. The zero-order valence-electron chi connectivity index (χ0n) is 13.2. The van der Waals surface area contributed by atoms with E-state index in [1.807, 2.05) is 6.26 Å². The summed E-state index contributed by atoms with van der Waals surface area (Å²) in [5, 5.41) is 3.53. The van der Waals surface area contributed by atoms with Crippen molar-refractivity contribution in [1.82, 2.24) is 10.2 Å². The molecule has 1 fully saturated rings. The summed E-state index contributed by atoms with van der Waals surface area (Å²) in [6.45, 7) is 5.73. The second kappa shape index (κ2) is 7.61. The molecule has 2 aliphatic heterocycles. The van der Waals surface area contributed by atoms with E-state index in [1.54, 1.807) is 6.26 Å². The van der Waals surface area contributed by atoms with Gasteiger partial charge in [0.05, 0.1) is 0 Å². The molecule has 1 saturated heterocycles. The maximum atomic E-state index is 5.37. The van der Waals surface area contributed by atoms with Crippen molar-refractivity contribution < 1.29 is 4.74 Å². The molecule has 1 unspecified atom stereocenters. The van der Waals surface area contributed by atoms with Gasteiger partial charge in [-0.2, -0.15) is 0 Å². The molecule has 0 aromatic carbocycles. The fraction of sp³-hybridized carbons (Fsp3) is 0.765. The SMILES string of the molecule is CCCCCCC1(C)CCCCCNC2=COC=CN21. The number of nitrogens with one attached hydrogen (secondary N) is 1. The Morgan fingerprint density at radius 1 is 1.25 bits per heavy atom. The quantitative estimate of drug-likeness (QED) is 0.750. The number of fused-ring (bicyclic) bond motifs is 1. The Morgan fingerprint density at radius 2 is 2.15 bits per heavy atom. The summed E-state index contributed by atoms with van der Waals surface area (Å²) in [4.78, 5) is 2.41. The molecular weight excluding hydrogens is 248 g/mol. The van der Waals surface area contributed by atoms with Crippen LogP contribution in [-0.2, 0) is 4.74 Å². The van der Waals surface area contributed by atoms with Crippen LogP contribution in [0.3, 0.4) is 0 Å². The summed E-state index contributed by atoms with van der Waals surface area (Å²) in [6.07, 6.45) is 17.5. The van der Waals surface area contributed by atoms with Gasteiger partial charge < -0.3 is 15.0 Å². The Kier molecular flexibility index (Phi) is 5.81. The third-order valence-electron chi connectivity index (χ3n) is 4.58. The second-order valence-electron chi connectivity index (χ2n) is 6.34. The predicted octanol–water partition coefficient (Wildman–Crippen LogP) is 4.48. The van der Waals surface area contributed by atoms with E-state index in [0.29, 0.717) is 0 Å². The van der Waals surface area contributed by atoms with Crippen LogP contribution >= 0.6 is 0 Å². The molecule has 0 aliphatic carbocycles. The summed E-state index contributed by atoms with van der Waals surface area (Å²) >= 11 is 0. The van der Waals surface area contributed by atoms with Crippen molar-refractivity contribution in [2.75, 3.05) is 6.54 Å². The normalized spacial score (nSPS) is 26.5. The van der Waals surface area contributed by atoms with E-state index in [9.17, 15) is 0 Å². The maximum absolute atomic E-state index is 5.37. The largest absolute Gasteiger partial charge is 0.467 e. The molecule has 20 heavy (non-hydrogen) atoms. The highest BCUT2D eigenvalue weighted by atomic mass is 16.5. The molecule has 0 bridgehead atoms. The molecule has 1 atom stereocenters. The Morgan fingerprint density at radius 3 is 3.00 bits per heavy atom. The van der Waals surface area contributed by atoms with Crippen molar-refractivity contribution in [3.05, 3.63) is 24.5 Å². The van der Waals surface area contributed by atoms with E-state index >= 15 is 0 Å². The van der Waals surface area contributed by atoms with Crippen LogP contribution in [0.15, 0.2) is 24.5 Å². The first-order valence-electron chi connectivity index (χ1n) is 8.32. The number of hydrogen-bond acceptors (Lipinski definition) is 3. The highest BCUT2D eigenvalue weighted by molar-refractivity contribution is 5.11. The van der Waals surface area contributed by atoms with Gasteiger partial charge in [-0.05, 0) is 26.2 Å². The van der Waals surface area contributed by atoms with Gasteiger partial charge in [-0.3, -0.25) is 0 Å². The van der Waals surface area contributed by atoms with Gasteiger partial charge in [0.15, 0.2) is 0 Å². The maximum Gasteiger partial charge on any atom is 0.142 e. The number of nitrogens with zero attached hydrogens (tertiary/aromatic N) is 1. The average molecular weight is 278 g/mol. The van der Waals surface area contributed by atoms with Crippen molar-refractivity contribution in [3.63, 3.8) is 0 Å². The van der Waals surface area contributed by atoms with E-state index in [4.69, 9.17) is 4.74 Å². The van der Waals surface area contributed by atoms with Crippen LogP contribution in [0.4, 0.5) is 0 Å². The topological polar surface area (TPSA) is 24.5 Å². The van der Waals surface area contributed by atoms with Crippen LogP contribution < -0.4 is 5.32 Å². The fourth-order valence-corrected chi connectivity index (χ4v) is 3.26. The lowest BCUT2D eigenvalue weighted by molar-refractivity contribution is 0.145. The van der Waals surface area contributed by atoms with E-state index in [0.717, 1.165) is 12.4 Å². The smallest absolute Gasteiger partial charge is 0.142 e. The van der Waals surface area contributed by atoms with Crippen molar-refractivity contribution in [2.45, 2.75) is 77.2 Å². The van der Waals surface area contributed by atoms with Crippen molar-refractivity contribution in [3.8, 4) is 0 Å². The molecular formula is C17H30N2O. The lowest BCUT2D eigenvalue weighted by Gasteiger charge is -2.42. The van der Waals surface area contributed by atoms with E-state index in [-0.39, 0.29) is 5.54 Å². The monoisotopic (exact) mass is 278 g/mol. The van der Waals surface area contributed by atoms with Crippen LogP contribution in [0.1, 0.15) is 71.6 Å². The Hall–Kier alpha value is -1.12. The zero-order chi connectivity index (χ0) is 14.3. The number of rotatable bonds is 5. The molecule has 0 radical (unpaired) electrons. The molecule has 2 rings (SSSR count). The molecule has 3 nitrogen and oxygen atoms in total. The molecule has 0 saturated carbocycles. The molecule has 0 spiro atoms. The fourth-order valence-electron chi connectivity index (χ4n) is 3.26. The highest BCUT2D eigenvalue weighted by Gasteiger charge is 2.33. The average Bonchev–Trinajstić information content (AvgIpc) is 2.54. The zero-order valence-corrected chi connectivity index (χ0v) is 13.2. The lowest BCUT2D eigenvalue weighted by Crippen LogP contribution is -2.46. The molecule has 1 N–H and O–H groups in total. The van der Waals surface area contributed by atoms with Crippen molar-refractivity contribution in [1.29, 1.82) is 0 Å². The third-order valence-corrected chi connectivity index (χ3v) is 4.58. The number of unbranched alkanes of at least 4 members (excludes halogenated alkanes) is 3. The predicted molar refractivity (Wildman–Crippen MR) is 83.8 cm³/mol. The first-order chi connectivity index (χ1) is 9.76. The van der Waals surface area contributed by atoms with Gasteiger partial charge in [0, 0.05) is 18.3 Å². The van der Waals surface area contributed by atoms with Gasteiger partial charge in [0.25, 0.3) is 0 Å². The molecule has 114 valence electrons. The lowest BCUT2D eigenvalue weighted by atomic mass is 9.86. The van der Waals surface area contributed by atoms with Gasteiger partial charge in [-0.1, -0.05) is 45.4 Å². The molecule has 0 aromatic rings. The highest BCUT2D eigenvalue weighted by Crippen LogP contribution is 2.33. The third kappa shape index (κ3) is 3.94. The van der Waals surface area contributed by atoms with Gasteiger partial charge in [-0.15, -0.1) is 0 Å². The molecule has 2 aliphatic rings. The van der Waals surface area contributed by atoms with Crippen LogP contribution in [-0.4, -0.2) is 17.0 Å². The van der Waals surface area contributed by atoms with Crippen LogP contribution in [0, 0.1) is 0 Å². The van der Waals surface area contributed by atoms with E-state index < -0.39 is 0 Å². The number of hydrogen-bond donors (Lipinski definition) is 1. The minimum Gasteiger partial charge on any atom is -0.467 e. The minimum atomic E-state index is 0.219. The molecule has 3 heteroatoms. The van der Waals surface area contributed by atoms with Crippen LogP contribution in [0.25, 0.3) is 0 Å². The van der Waals surface area contributed by atoms with Crippen LogP contribution in [0.2, 0.25) is 0 Å². The summed E-state index contributed by atoms with van der Waals surface area (Å²) in [7, 11) is 0. The molecule has 0 aromatic heterocycles. The standard InChI is InChI=1S/C17H30N2O/c1-3-4-5-7-10-17(2)11-8-6-9-12-18-16-15-20-14-13-19(16)17/h13-15,18H,3-12H2,1-2H3. The van der Waals surface area contributed by atoms with Crippen molar-refractivity contribution in [2.24, 2.45) is 0 Å². The second-order valence-corrected chi connectivity index (χ2v) is 6.34. The van der Waals surface area contributed by atoms with Crippen molar-refractivity contribution >= 4 is 0 Å². The van der Waals surface area contributed by atoms with Crippen LogP contribution in [0.5, 0.6) is 0 Å². The van der Waals surface area contributed by atoms with Gasteiger partial charge in [0.2, 0.25) is 0 Å². The Balaban J connectivity index is 2.05. The first kappa shape index (κ1) is 15.3. The minimum absolute atomic E-state index is 0.219. The van der Waals surface area contributed by atoms with Gasteiger partial charge >= 0.3 is 0 Å². The molecule has 2 heterocycles. The Bertz CT molecular complexity index is 351. The number of ether oxygens (including phenoxy) is 1. The van der Waals surface area contributed by atoms with E-state index in [1.165, 1.54) is 57.8 Å². The first-order valence-corrected chi connectivity index (χ1v) is 8.32. The Labute approximate surface area is 124 Å². The van der Waals surface area contributed by atoms with Gasteiger partial charge in [0.1, 0.15) is 18.3 Å². The van der Waals surface area contributed by atoms with Gasteiger partial charge in [-0.25, -0.2) is 0 Å². The summed E-state index contributed by atoms with van der Waals surface area (Å²) in [5.41, 5.74) is 0.219. The summed E-state index contributed by atoms with van der Waals surface area (Å²) < 4.78 is 5.37. The van der Waals surface area contributed by atoms with E-state index in [2.05, 4.69) is 30.3 Å². The summed E-state index contributed by atoms with van der Waals surface area (Å²) in [5.74, 6) is 1.13.